The molecule has 0 aliphatic rings. The Labute approximate surface area is 137 Å². The molecule has 0 saturated carbocycles. The predicted octanol–water partition coefficient (Wildman–Crippen LogP) is 3.67. The van der Waals surface area contributed by atoms with Crippen molar-refractivity contribution in [1.82, 2.24) is 4.90 Å². The van der Waals surface area contributed by atoms with Crippen LogP contribution in [0.5, 0.6) is 11.5 Å². The Kier molecular flexibility index (Phi) is 5.63. The van der Waals surface area contributed by atoms with E-state index in [1.165, 1.54) is 5.56 Å². The second-order valence-corrected chi connectivity index (χ2v) is 5.29. The van der Waals surface area contributed by atoms with Gasteiger partial charge in [0.2, 0.25) is 0 Å². The number of hydrogen-bond donors (Lipinski definition) is 0. The Morgan fingerprint density at radius 1 is 1.04 bits per heavy atom. The van der Waals surface area contributed by atoms with Crippen molar-refractivity contribution in [2.24, 2.45) is 0 Å². The van der Waals surface area contributed by atoms with Gasteiger partial charge in [0.05, 0.1) is 19.8 Å². The quantitative estimate of drug-likeness (QED) is 0.816. The number of hydrogen-bond acceptors (Lipinski definition) is 3. The highest BCUT2D eigenvalue weighted by atomic mass is 16.5. The van der Waals surface area contributed by atoms with Gasteiger partial charge >= 0.3 is 0 Å². The van der Waals surface area contributed by atoms with Crippen LogP contribution in [0, 0.1) is 6.92 Å². The number of amides is 1. The number of aryl methyl sites for hydroxylation is 1. The van der Waals surface area contributed by atoms with Crippen molar-refractivity contribution in [2.45, 2.75) is 20.4 Å². The molecule has 0 N–H and O–H groups in total. The van der Waals surface area contributed by atoms with Crippen molar-refractivity contribution >= 4 is 5.91 Å². The predicted molar refractivity (Wildman–Crippen MR) is 91.1 cm³/mol. The van der Waals surface area contributed by atoms with Crippen LogP contribution in [-0.2, 0) is 6.54 Å². The molecule has 2 rings (SSSR count). The Bertz CT molecular complexity index is 682. The second kappa shape index (κ2) is 7.68. The third-order valence-electron chi connectivity index (χ3n) is 3.92. The van der Waals surface area contributed by atoms with E-state index in [0.717, 1.165) is 5.56 Å². The first-order chi connectivity index (χ1) is 11.1. The first-order valence-corrected chi connectivity index (χ1v) is 7.67. The Morgan fingerprint density at radius 2 is 1.78 bits per heavy atom. The van der Waals surface area contributed by atoms with E-state index in [9.17, 15) is 4.79 Å². The van der Waals surface area contributed by atoms with Gasteiger partial charge in [0.25, 0.3) is 5.91 Å². The minimum atomic E-state index is -0.0634. The molecule has 0 radical (unpaired) electrons. The largest absolute Gasteiger partial charge is 0.493 e. The molecule has 0 atom stereocenters. The molecule has 0 fully saturated rings. The van der Waals surface area contributed by atoms with Gasteiger partial charge in [-0.1, -0.05) is 30.3 Å². The van der Waals surface area contributed by atoms with Crippen molar-refractivity contribution in [3.8, 4) is 11.5 Å². The summed E-state index contributed by atoms with van der Waals surface area (Å²) in [6.07, 6.45) is 0. The normalized spacial score (nSPS) is 10.3. The van der Waals surface area contributed by atoms with E-state index >= 15 is 0 Å². The lowest BCUT2D eigenvalue weighted by Crippen LogP contribution is -2.31. The fraction of sp³-hybridized carbons (Fsp3) is 0.316. The summed E-state index contributed by atoms with van der Waals surface area (Å²) in [4.78, 5) is 14.7. The molecule has 0 unspecified atom stereocenters. The summed E-state index contributed by atoms with van der Waals surface area (Å²) < 4.78 is 10.7. The Morgan fingerprint density at radius 3 is 2.39 bits per heavy atom. The lowest BCUT2D eigenvalue weighted by atomic mass is 10.1. The van der Waals surface area contributed by atoms with E-state index in [2.05, 4.69) is 13.0 Å². The summed E-state index contributed by atoms with van der Waals surface area (Å²) in [5.74, 6) is 0.972. The Balaban J connectivity index is 2.32. The monoisotopic (exact) mass is 313 g/mol. The van der Waals surface area contributed by atoms with E-state index < -0.39 is 0 Å². The van der Waals surface area contributed by atoms with Gasteiger partial charge in [-0.3, -0.25) is 4.79 Å². The fourth-order valence-electron chi connectivity index (χ4n) is 2.55. The van der Waals surface area contributed by atoms with Gasteiger partial charge in [0.1, 0.15) is 0 Å². The van der Waals surface area contributed by atoms with Crippen LogP contribution in [-0.4, -0.2) is 31.6 Å². The van der Waals surface area contributed by atoms with E-state index in [0.29, 0.717) is 30.2 Å². The van der Waals surface area contributed by atoms with Gasteiger partial charge in [-0.2, -0.15) is 0 Å². The summed E-state index contributed by atoms with van der Waals surface area (Å²) in [7, 11) is 3.11. The zero-order chi connectivity index (χ0) is 16.8. The highest BCUT2D eigenvalue weighted by Gasteiger charge is 2.21. The minimum absolute atomic E-state index is 0.0634. The smallest absolute Gasteiger partial charge is 0.258 e. The summed E-state index contributed by atoms with van der Waals surface area (Å²) in [5, 5.41) is 0. The molecule has 0 heterocycles. The first-order valence-electron chi connectivity index (χ1n) is 7.67. The van der Waals surface area contributed by atoms with Gasteiger partial charge in [0, 0.05) is 13.1 Å². The lowest BCUT2D eigenvalue weighted by Gasteiger charge is -2.23. The number of carbonyl (C=O) groups excluding carboxylic acids is 1. The summed E-state index contributed by atoms with van der Waals surface area (Å²) in [6, 6.07) is 13.5. The van der Waals surface area contributed by atoms with Crippen molar-refractivity contribution < 1.29 is 14.3 Å². The molecule has 0 bridgehead atoms. The lowest BCUT2D eigenvalue weighted by molar-refractivity contribution is 0.0748. The van der Waals surface area contributed by atoms with Gasteiger partial charge in [-0.05, 0) is 37.1 Å². The summed E-state index contributed by atoms with van der Waals surface area (Å²) in [6.45, 7) is 5.22. The minimum Gasteiger partial charge on any atom is -0.493 e. The molecular formula is C19H23NO3. The number of rotatable bonds is 6. The average molecular weight is 313 g/mol. The highest BCUT2D eigenvalue weighted by molar-refractivity contribution is 5.97. The molecule has 4 nitrogen and oxygen atoms in total. The molecule has 1 amide bonds. The third-order valence-corrected chi connectivity index (χ3v) is 3.92. The molecule has 2 aromatic carbocycles. The fourth-order valence-corrected chi connectivity index (χ4v) is 2.55. The third kappa shape index (κ3) is 3.65. The summed E-state index contributed by atoms with van der Waals surface area (Å²) in [5.41, 5.74) is 2.84. The molecule has 0 aliphatic heterocycles. The molecule has 0 saturated heterocycles. The molecule has 4 heteroatoms. The molecular weight excluding hydrogens is 290 g/mol. The van der Waals surface area contributed by atoms with E-state index in [4.69, 9.17) is 9.47 Å². The molecule has 0 aromatic heterocycles. The van der Waals surface area contributed by atoms with Crippen LogP contribution in [0.15, 0.2) is 42.5 Å². The average Bonchev–Trinajstić information content (AvgIpc) is 2.59. The number of methoxy groups -OCH3 is 2. The number of para-hydroxylation sites is 1. The topological polar surface area (TPSA) is 38.8 Å². The maximum absolute atomic E-state index is 12.9. The zero-order valence-electron chi connectivity index (χ0n) is 14.1. The number of nitrogens with zero attached hydrogens (tertiary/aromatic N) is 1. The molecule has 122 valence electrons. The zero-order valence-corrected chi connectivity index (χ0v) is 14.1. The van der Waals surface area contributed by atoms with Crippen LogP contribution in [0.1, 0.15) is 28.4 Å². The van der Waals surface area contributed by atoms with Crippen molar-refractivity contribution in [2.75, 3.05) is 20.8 Å². The highest BCUT2D eigenvalue weighted by Crippen LogP contribution is 2.31. The van der Waals surface area contributed by atoms with Gasteiger partial charge in [-0.15, -0.1) is 0 Å². The van der Waals surface area contributed by atoms with E-state index in [-0.39, 0.29) is 5.91 Å². The van der Waals surface area contributed by atoms with E-state index in [1.54, 1.807) is 37.3 Å². The number of benzene rings is 2. The standard InChI is InChI=1S/C19H23NO3/c1-5-20(13-15-10-7-6-9-14(15)2)19(21)16-11-8-12-17(22-3)18(16)23-4/h6-12H,5,13H2,1-4H3. The number of carbonyl (C=O) groups is 1. The maximum atomic E-state index is 12.9. The molecule has 2 aromatic rings. The first kappa shape index (κ1) is 16.9. The van der Waals surface area contributed by atoms with Crippen LogP contribution in [0.4, 0.5) is 0 Å². The van der Waals surface area contributed by atoms with Crippen molar-refractivity contribution in [3.63, 3.8) is 0 Å². The van der Waals surface area contributed by atoms with Crippen LogP contribution in [0.3, 0.4) is 0 Å². The molecule has 0 aliphatic carbocycles. The van der Waals surface area contributed by atoms with Crippen molar-refractivity contribution in [1.29, 1.82) is 0 Å². The maximum Gasteiger partial charge on any atom is 0.258 e. The van der Waals surface area contributed by atoms with Gasteiger partial charge < -0.3 is 14.4 Å². The van der Waals surface area contributed by atoms with Crippen LogP contribution >= 0.6 is 0 Å². The van der Waals surface area contributed by atoms with Crippen molar-refractivity contribution in [3.05, 3.63) is 59.2 Å². The molecule has 0 spiro atoms. The Hall–Kier alpha value is -2.49. The molecule has 23 heavy (non-hydrogen) atoms. The van der Waals surface area contributed by atoms with Gasteiger partial charge in [-0.25, -0.2) is 0 Å². The second-order valence-electron chi connectivity index (χ2n) is 5.29. The van der Waals surface area contributed by atoms with Crippen LogP contribution < -0.4 is 9.47 Å². The van der Waals surface area contributed by atoms with Crippen LogP contribution in [0.25, 0.3) is 0 Å². The van der Waals surface area contributed by atoms with Gasteiger partial charge in [0.15, 0.2) is 11.5 Å². The summed E-state index contributed by atoms with van der Waals surface area (Å²) >= 11 is 0. The van der Waals surface area contributed by atoms with E-state index in [1.807, 2.05) is 25.1 Å². The number of ether oxygens (including phenoxy) is 2. The SMILES string of the molecule is CCN(Cc1ccccc1C)C(=O)c1cccc(OC)c1OC. The van der Waals surface area contributed by atoms with Crippen LogP contribution in [0.2, 0.25) is 0 Å².